The second-order valence-corrected chi connectivity index (χ2v) is 7.49. The van der Waals surface area contributed by atoms with Crippen LogP contribution in [-0.2, 0) is 27.4 Å². The van der Waals surface area contributed by atoms with E-state index in [0.717, 1.165) is 17.7 Å². The number of hydrogen-bond donors (Lipinski definition) is 0. The second kappa shape index (κ2) is 9.47. The van der Waals surface area contributed by atoms with Crippen LogP contribution >= 0.6 is 0 Å². The molecule has 0 spiro atoms. The van der Waals surface area contributed by atoms with Crippen molar-refractivity contribution in [3.8, 4) is 17.0 Å². The van der Waals surface area contributed by atoms with Gasteiger partial charge in [-0.25, -0.2) is 0 Å². The van der Waals surface area contributed by atoms with E-state index in [4.69, 9.17) is 14.0 Å². The summed E-state index contributed by atoms with van der Waals surface area (Å²) in [7, 11) is 1.61. The van der Waals surface area contributed by atoms with Crippen LogP contribution in [0, 0.1) is 5.92 Å². The molecule has 160 valence electrons. The van der Waals surface area contributed by atoms with Gasteiger partial charge in [0.1, 0.15) is 11.4 Å². The largest absolute Gasteiger partial charge is 0.497 e. The van der Waals surface area contributed by atoms with Gasteiger partial charge in [0.2, 0.25) is 5.91 Å². The molecule has 7 heteroatoms. The fourth-order valence-corrected chi connectivity index (χ4v) is 3.59. The van der Waals surface area contributed by atoms with Crippen molar-refractivity contribution in [1.82, 2.24) is 10.1 Å². The number of ether oxygens (including phenoxy) is 2. The van der Waals surface area contributed by atoms with Crippen LogP contribution in [0.2, 0.25) is 0 Å². The maximum Gasteiger partial charge on any atom is 0.311 e. The van der Waals surface area contributed by atoms with Crippen molar-refractivity contribution in [1.29, 1.82) is 0 Å². The lowest BCUT2D eigenvalue weighted by Crippen LogP contribution is -2.28. The Hall–Kier alpha value is -3.61. The summed E-state index contributed by atoms with van der Waals surface area (Å²) in [6.07, 6.45) is 0.946. The number of amides is 1. The first-order chi connectivity index (χ1) is 15.1. The minimum atomic E-state index is -0.452. The Morgan fingerprint density at radius 3 is 2.68 bits per heavy atom. The number of rotatable bonds is 8. The number of carbonyl (C=O) groups excluding carboxylic acids is 2. The molecule has 31 heavy (non-hydrogen) atoms. The van der Waals surface area contributed by atoms with Crippen molar-refractivity contribution in [2.24, 2.45) is 5.92 Å². The van der Waals surface area contributed by atoms with E-state index in [1.54, 1.807) is 18.1 Å². The average molecular weight is 420 g/mol. The van der Waals surface area contributed by atoms with Crippen LogP contribution in [0.1, 0.15) is 17.7 Å². The highest BCUT2D eigenvalue weighted by Crippen LogP contribution is 2.24. The first-order valence-electron chi connectivity index (χ1n) is 10.2. The summed E-state index contributed by atoms with van der Waals surface area (Å²) in [6.45, 7) is 0.967. The van der Waals surface area contributed by atoms with Gasteiger partial charge in [-0.1, -0.05) is 35.5 Å². The standard InChI is InChI=1S/C24H24N2O5/c1-29-20-9-7-18(8-10-20)22-14-21(31-25-22)16-30-24(28)19-13-23(27)26(15-19)12-11-17-5-3-2-4-6-17/h2-10,14,19H,11-13,15-16H2,1H3/t19-/m0/s1. The first-order valence-corrected chi connectivity index (χ1v) is 10.2. The van der Waals surface area contributed by atoms with Crippen LogP contribution in [0.15, 0.2) is 65.2 Å². The van der Waals surface area contributed by atoms with Gasteiger partial charge in [0, 0.05) is 31.1 Å². The van der Waals surface area contributed by atoms with Crippen molar-refractivity contribution in [2.75, 3.05) is 20.2 Å². The summed E-state index contributed by atoms with van der Waals surface area (Å²) in [5.41, 5.74) is 2.69. The maximum absolute atomic E-state index is 12.5. The van der Waals surface area contributed by atoms with Crippen molar-refractivity contribution < 1.29 is 23.6 Å². The number of methoxy groups -OCH3 is 1. The molecule has 0 unspecified atom stereocenters. The third kappa shape index (κ3) is 5.12. The van der Waals surface area contributed by atoms with Crippen LogP contribution in [-0.4, -0.2) is 42.1 Å². The van der Waals surface area contributed by atoms with E-state index in [1.165, 1.54) is 5.56 Å². The second-order valence-electron chi connectivity index (χ2n) is 7.49. The molecular formula is C24H24N2O5. The van der Waals surface area contributed by atoms with E-state index < -0.39 is 11.9 Å². The van der Waals surface area contributed by atoms with Crippen LogP contribution in [0.3, 0.4) is 0 Å². The van der Waals surface area contributed by atoms with E-state index in [0.29, 0.717) is 24.5 Å². The highest BCUT2D eigenvalue weighted by Gasteiger charge is 2.35. The molecule has 1 aliphatic heterocycles. The van der Waals surface area contributed by atoms with E-state index in [2.05, 4.69) is 5.16 Å². The van der Waals surface area contributed by atoms with Crippen molar-refractivity contribution >= 4 is 11.9 Å². The number of benzene rings is 2. The minimum Gasteiger partial charge on any atom is -0.497 e. The van der Waals surface area contributed by atoms with Gasteiger partial charge in [-0.15, -0.1) is 0 Å². The molecule has 0 radical (unpaired) electrons. The van der Waals surface area contributed by atoms with Crippen LogP contribution in [0.4, 0.5) is 0 Å². The minimum absolute atomic E-state index is 0.0145. The summed E-state index contributed by atoms with van der Waals surface area (Å²) >= 11 is 0. The van der Waals surface area contributed by atoms with Crippen LogP contribution < -0.4 is 4.74 Å². The molecule has 1 aliphatic rings. The number of aromatic nitrogens is 1. The quantitative estimate of drug-likeness (QED) is 0.519. The van der Waals surface area contributed by atoms with Crippen molar-refractivity contribution in [3.05, 3.63) is 72.0 Å². The Morgan fingerprint density at radius 1 is 1.16 bits per heavy atom. The molecule has 1 amide bonds. The molecule has 0 saturated carbocycles. The first kappa shape index (κ1) is 20.7. The summed E-state index contributed by atoms with van der Waals surface area (Å²) in [4.78, 5) is 26.5. The van der Waals surface area contributed by atoms with E-state index in [9.17, 15) is 9.59 Å². The monoisotopic (exact) mass is 420 g/mol. The Balaban J connectivity index is 1.27. The topological polar surface area (TPSA) is 81.9 Å². The van der Waals surface area contributed by atoms with Gasteiger partial charge in [0.05, 0.1) is 13.0 Å². The maximum atomic E-state index is 12.5. The summed E-state index contributed by atoms with van der Waals surface area (Å²) in [6, 6.07) is 19.1. The van der Waals surface area contributed by atoms with Gasteiger partial charge >= 0.3 is 5.97 Å². The number of nitrogens with zero attached hydrogens (tertiary/aromatic N) is 2. The van der Waals surface area contributed by atoms with Gasteiger partial charge in [-0.05, 0) is 36.2 Å². The number of hydrogen-bond acceptors (Lipinski definition) is 6. The SMILES string of the molecule is COc1ccc(-c2cc(COC(=O)[C@H]3CC(=O)N(CCc4ccccc4)C3)on2)cc1. The smallest absolute Gasteiger partial charge is 0.311 e. The van der Waals surface area contributed by atoms with Gasteiger partial charge < -0.3 is 18.9 Å². The van der Waals surface area contributed by atoms with Crippen LogP contribution in [0.25, 0.3) is 11.3 Å². The Morgan fingerprint density at radius 2 is 1.94 bits per heavy atom. The van der Waals surface area contributed by atoms with E-state index >= 15 is 0 Å². The van der Waals surface area contributed by atoms with Gasteiger partial charge in [0.25, 0.3) is 0 Å². The van der Waals surface area contributed by atoms with Crippen molar-refractivity contribution in [2.45, 2.75) is 19.4 Å². The van der Waals surface area contributed by atoms with Crippen LogP contribution in [0.5, 0.6) is 5.75 Å². The zero-order valence-corrected chi connectivity index (χ0v) is 17.3. The zero-order chi connectivity index (χ0) is 21.6. The van der Waals surface area contributed by atoms with Gasteiger partial charge in [-0.2, -0.15) is 0 Å². The van der Waals surface area contributed by atoms with Crippen molar-refractivity contribution in [3.63, 3.8) is 0 Å². The summed E-state index contributed by atoms with van der Waals surface area (Å²) < 4.78 is 15.8. The third-order valence-electron chi connectivity index (χ3n) is 5.36. The number of carbonyl (C=O) groups is 2. The fraction of sp³-hybridized carbons (Fsp3) is 0.292. The number of esters is 1. The molecule has 4 rings (SSSR count). The van der Waals surface area contributed by atoms with E-state index in [1.807, 2.05) is 54.6 Å². The highest BCUT2D eigenvalue weighted by molar-refractivity contribution is 5.86. The lowest BCUT2D eigenvalue weighted by molar-refractivity contribution is -0.150. The molecule has 2 heterocycles. The predicted octanol–water partition coefficient (Wildman–Crippen LogP) is 3.48. The third-order valence-corrected chi connectivity index (χ3v) is 5.36. The average Bonchev–Trinajstić information content (AvgIpc) is 3.43. The van der Waals surface area contributed by atoms with E-state index in [-0.39, 0.29) is 18.9 Å². The Kier molecular flexibility index (Phi) is 6.31. The highest BCUT2D eigenvalue weighted by atomic mass is 16.5. The molecule has 0 N–H and O–H groups in total. The normalized spacial score (nSPS) is 15.8. The molecule has 3 aromatic rings. The lowest BCUT2D eigenvalue weighted by Gasteiger charge is -2.16. The molecular weight excluding hydrogens is 396 g/mol. The molecule has 7 nitrogen and oxygen atoms in total. The van der Waals surface area contributed by atoms with Gasteiger partial charge in [0.15, 0.2) is 12.4 Å². The molecule has 0 bridgehead atoms. The predicted molar refractivity (Wildman–Crippen MR) is 113 cm³/mol. The molecule has 2 aromatic carbocycles. The number of likely N-dealkylation sites (tertiary alicyclic amines) is 1. The Bertz CT molecular complexity index is 1030. The summed E-state index contributed by atoms with van der Waals surface area (Å²) in [5.74, 6) is 0.347. The zero-order valence-electron chi connectivity index (χ0n) is 17.3. The molecule has 1 saturated heterocycles. The molecule has 0 aliphatic carbocycles. The fourth-order valence-electron chi connectivity index (χ4n) is 3.59. The summed E-state index contributed by atoms with van der Waals surface area (Å²) in [5, 5.41) is 4.03. The Labute approximate surface area is 180 Å². The molecule has 1 aromatic heterocycles. The lowest BCUT2D eigenvalue weighted by atomic mass is 10.1. The van der Waals surface area contributed by atoms with Gasteiger partial charge in [-0.3, -0.25) is 9.59 Å². The molecule has 1 atom stereocenters. The molecule has 1 fully saturated rings.